The standard InChI is InChI=1S/C47H86N10O11/c1-8-29(4)38-43(64)57-39(31(6)58)44(65)54-35(27-36(48)60)41(62)52-30(5)46(67)68-32(7)40(45(66)53-34(25-28(2)3)42(63)56-38)55-37(61)26-33(59)23-21-19-17-15-13-11-9-10-12-14-16-18-20-22-24-51-47(49)50/h28-35,38-40,58-59H,8-27H2,1-7H3,(H2,48,60)(H,52,62)(H,53,66)(H,54,65)(H,55,61)(H,56,63)(H,57,64)(H4,49,50,51)/t29-,30-,31-,32-,33-,34-,35-,38+,39-,40+/m1/s1. The van der Waals surface area contributed by atoms with Crippen molar-refractivity contribution in [3.8, 4) is 0 Å². The smallest absolute Gasteiger partial charge is 0.328 e. The number of carbonyl (C=O) groups is 8. The van der Waals surface area contributed by atoms with E-state index in [-0.39, 0.29) is 24.7 Å². The number of aliphatic imine (C=N–C) groups is 1. The Kier molecular flexibility index (Phi) is 30.0. The number of nitrogens with two attached hydrogens (primary N) is 3. The van der Waals surface area contributed by atoms with E-state index in [2.05, 4.69) is 36.9 Å². The molecule has 0 saturated carbocycles. The van der Waals surface area contributed by atoms with Crippen molar-refractivity contribution in [2.45, 2.75) is 225 Å². The van der Waals surface area contributed by atoms with Crippen molar-refractivity contribution in [3.05, 3.63) is 0 Å². The second-order valence-corrected chi connectivity index (χ2v) is 18.8. The zero-order chi connectivity index (χ0) is 51.3. The Hall–Kier alpha value is -5.05. The number of ether oxygens (including phenoxy) is 1. The summed E-state index contributed by atoms with van der Waals surface area (Å²) in [4.78, 5) is 111. The van der Waals surface area contributed by atoms with E-state index < -0.39 is 114 Å². The minimum absolute atomic E-state index is 0.0775. The quantitative estimate of drug-likeness (QED) is 0.0238. The Bertz CT molecular complexity index is 1630. The number of carbonyl (C=O) groups excluding carboxylic acids is 8. The largest absolute Gasteiger partial charge is 0.458 e. The number of aliphatic hydroxyl groups excluding tert-OH is 2. The topological polar surface area (TPSA) is 349 Å². The van der Waals surface area contributed by atoms with Crippen molar-refractivity contribution < 1.29 is 53.3 Å². The van der Waals surface area contributed by atoms with Gasteiger partial charge >= 0.3 is 5.97 Å². The third-order valence-electron chi connectivity index (χ3n) is 12.0. The van der Waals surface area contributed by atoms with Crippen LogP contribution in [-0.2, 0) is 43.1 Å². The maximum Gasteiger partial charge on any atom is 0.328 e. The molecule has 1 aliphatic rings. The zero-order valence-corrected chi connectivity index (χ0v) is 41.7. The average molecular weight is 967 g/mol. The van der Waals surface area contributed by atoms with Gasteiger partial charge in [-0.05, 0) is 51.9 Å². The van der Waals surface area contributed by atoms with E-state index in [1.54, 1.807) is 27.7 Å². The van der Waals surface area contributed by atoms with Crippen LogP contribution in [-0.4, -0.2) is 125 Å². The third kappa shape index (κ3) is 25.4. The summed E-state index contributed by atoms with van der Waals surface area (Å²) >= 11 is 0. The molecule has 0 radical (unpaired) electrons. The number of cyclic esters (lactones) is 1. The lowest BCUT2D eigenvalue weighted by atomic mass is 9.96. The maximum atomic E-state index is 14.1. The first-order valence-corrected chi connectivity index (χ1v) is 24.8. The molecular formula is C47H86N10O11. The fourth-order valence-electron chi connectivity index (χ4n) is 7.73. The summed E-state index contributed by atoms with van der Waals surface area (Å²) in [5.41, 5.74) is 16.1. The molecule has 7 amide bonds. The van der Waals surface area contributed by atoms with Gasteiger partial charge in [-0.1, -0.05) is 118 Å². The lowest BCUT2D eigenvalue weighted by Crippen LogP contribution is -2.62. The summed E-state index contributed by atoms with van der Waals surface area (Å²) in [7, 11) is 0. The summed E-state index contributed by atoms with van der Waals surface area (Å²) in [6, 6.07) is -8.93. The fraction of sp³-hybridized carbons (Fsp3) is 0.809. The number of nitrogens with one attached hydrogen (secondary N) is 6. The average Bonchev–Trinajstić information content (AvgIpc) is 3.25. The molecule has 0 unspecified atom stereocenters. The van der Waals surface area contributed by atoms with Crippen molar-refractivity contribution in [1.82, 2.24) is 31.9 Å². The monoisotopic (exact) mass is 967 g/mol. The highest BCUT2D eigenvalue weighted by Gasteiger charge is 2.38. The Labute approximate surface area is 403 Å². The van der Waals surface area contributed by atoms with E-state index in [1.165, 1.54) is 65.7 Å². The van der Waals surface area contributed by atoms with Gasteiger partial charge in [-0.3, -0.25) is 38.6 Å². The second kappa shape index (κ2) is 33.4. The first-order valence-electron chi connectivity index (χ1n) is 24.8. The molecule has 0 bridgehead atoms. The Morgan fingerprint density at radius 3 is 1.65 bits per heavy atom. The van der Waals surface area contributed by atoms with Gasteiger partial charge < -0.3 is 64.1 Å². The number of rotatable bonds is 27. The lowest BCUT2D eigenvalue weighted by Gasteiger charge is -2.30. The molecule has 390 valence electrons. The van der Waals surface area contributed by atoms with Crippen LogP contribution in [0.1, 0.15) is 170 Å². The number of unbranched alkanes of at least 4 members (excludes halogenated alkanes) is 13. The minimum Gasteiger partial charge on any atom is -0.458 e. The van der Waals surface area contributed by atoms with E-state index in [0.717, 1.165) is 38.5 Å². The number of nitrogens with zero attached hydrogens (tertiary/aromatic N) is 1. The Balaban J connectivity index is 3.08. The van der Waals surface area contributed by atoms with Gasteiger partial charge in [0.1, 0.15) is 42.4 Å². The minimum atomic E-state index is -1.68. The highest BCUT2D eigenvalue weighted by molar-refractivity contribution is 5.98. The SMILES string of the molecule is CC[C@@H](C)[C@@H]1NC(=O)[C@@H](CC(C)C)NC(=O)[C@@H](NC(=O)C[C@H](O)CCCCCCCCCCCCCCCCN=C(N)N)[C@@H](C)OC(=O)[C@@H](C)NC(=O)[C@@H](CC(N)=O)NC(=O)[C@@H]([C@@H](C)O)NC1=O. The van der Waals surface area contributed by atoms with Gasteiger partial charge in [-0.15, -0.1) is 0 Å². The van der Waals surface area contributed by atoms with Crippen LogP contribution in [0.5, 0.6) is 0 Å². The molecule has 1 saturated heterocycles. The van der Waals surface area contributed by atoms with Crippen molar-refractivity contribution in [2.24, 2.45) is 34.0 Å². The molecular weight excluding hydrogens is 881 g/mol. The molecule has 10 atom stereocenters. The van der Waals surface area contributed by atoms with Gasteiger partial charge in [-0.2, -0.15) is 0 Å². The van der Waals surface area contributed by atoms with Crippen LogP contribution in [0.15, 0.2) is 4.99 Å². The number of primary amides is 1. The first kappa shape index (κ1) is 61.0. The normalized spacial score (nSPS) is 23.8. The summed E-state index contributed by atoms with van der Waals surface area (Å²) < 4.78 is 5.57. The van der Waals surface area contributed by atoms with Crippen LogP contribution in [0.3, 0.4) is 0 Å². The predicted molar refractivity (Wildman–Crippen MR) is 258 cm³/mol. The van der Waals surface area contributed by atoms with Gasteiger partial charge in [0, 0.05) is 6.54 Å². The van der Waals surface area contributed by atoms with Crippen LogP contribution in [0, 0.1) is 11.8 Å². The van der Waals surface area contributed by atoms with Crippen molar-refractivity contribution >= 4 is 53.3 Å². The van der Waals surface area contributed by atoms with E-state index >= 15 is 0 Å². The number of hydrogen-bond acceptors (Lipinski definition) is 12. The van der Waals surface area contributed by atoms with Gasteiger partial charge in [0.15, 0.2) is 5.96 Å². The molecule has 1 heterocycles. The molecule has 1 aliphatic heterocycles. The van der Waals surface area contributed by atoms with Crippen LogP contribution in [0.25, 0.3) is 0 Å². The van der Waals surface area contributed by atoms with E-state index in [4.69, 9.17) is 21.9 Å². The van der Waals surface area contributed by atoms with Crippen LogP contribution < -0.4 is 49.1 Å². The van der Waals surface area contributed by atoms with E-state index in [0.29, 0.717) is 25.8 Å². The molecule has 0 aliphatic carbocycles. The van der Waals surface area contributed by atoms with E-state index in [1.807, 2.05) is 0 Å². The molecule has 21 heteroatoms. The molecule has 0 aromatic heterocycles. The van der Waals surface area contributed by atoms with Crippen molar-refractivity contribution in [1.29, 1.82) is 0 Å². The molecule has 1 rings (SSSR count). The first-order chi connectivity index (χ1) is 32.1. The predicted octanol–water partition coefficient (Wildman–Crippen LogP) is 1.08. The molecule has 14 N–H and O–H groups in total. The number of guanidine groups is 1. The number of hydrogen-bond donors (Lipinski definition) is 11. The van der Waals surface area contributed by atoms with Crippen LogP contribution in [0.2, 0.25) is 0 Å². The van der Waals surface area contributed by atoms with E-state index in [9.17, 15) is 48.6 Å². The summed E-state index contributed by atoms with van der Waals surface area (Å²) in [5.74, 6) is -8.00. The fourth-order valence-corrected chi connectivity index (χ4v) is 7.73. The molecule has 0 aromatic rings. The Morgan fingerprint density at radius 2 is 1.15 bits per heavy atom. The van der Waals surface area contributed by atoms with Gasteiger partial charge in [-0.25, -0.2) is 4.79 Å². The number of esters is 1. The lowest BCUT2D eigenvalue weighted by molar-refractivity contribution is -0.155. The van der Waals surface area contributed by atoms with Crippen LogP contribution in [0.4, 0.5) is 0 Å². The highest BCUT2D eigenvalue weighted by Crippen LogP contribution is 2.16. The van der Waals surface area contributed by atoms with Crippen molar-refractivity contribution in [2.75, 3.05) is 6.54 Å². The highest BCUT2D eigenvalue weighted by atomic mass is 16.5. The Morgan fingerprint density at radius 1 is 0.662 bits per heavy atom. The van der Waals surface area contributed by atoms with Gasteiger partial charge in [0.05, 0.1) is 25.0 Å². The molecule has 0 aromatic carbocycles. The van der Waals surface area contributed by atoms with Gasteiger partial charge in [0.2, 0.25) is 41.4 Å². The van der Waals surface area contributed by atoms with Crippen molar-refractivity contribution in [3.63, 3.8) is 0 Å². The molecule has 21 nitrogen and oxygen atoms in total. The summed E-state index contributed by atoms with van der Waals surface area (Å²) in [6.45, 7) is 11.5. The second-order valence-electron chi connectivity index (χ2n) is 18.8. The number of amides is 7. The van der Waals surface area contributed by atoms with Crippen LogP contribution >= 0.6 is 0 Å². The summed E-state index contributed by atoms with van der Waals surface area (Å²) in [6.07, 6.45) is 11.2. The number of aliphatic hydroxyl groups is 2. The summed E-state index contributed by atoms with van der Waals surface area (Å²) in [5, 5.41) is 36.3. The third-order valence-corrected chi connectivity index (χ3v) is 12.0. The molecule has 0 spiro atoms. The molecule has 1 fully saturated rings. The van der Waals surface area contributed by atoms with Gasteiger partial charge in [0.25, 0.3) is 0 Å². The zero-order valence-electron chi connectivity index (χ0n) is 41.7. The maximum absolute atomic E-state index is 14.1. The molecule has 68 heavy (non-hydrogen) atoms.